The minimum absolute atomic E-state index is 0.0710. The van der Waals surface area contributed by atoms with Crippen LogP contribution in [0.5, 0.6) is 0 Å². The summed E-state index contributed by atoms with van der Waals surface area (Å²) >= 11 is 7.26. The number of hydrogen-bond acceptors (Lipinski definition) is 10. The van der Waals surface area contributed by atoms with Crippen LogP contribution < -0.4 is 5.73 Å². The molecule has 3 aromatic heterocycles. The zero-order valence-corrected chi connectivity index (χ0v) is 21.1. The fourth-order valence-electron chi connectivity index (χ4n) is 4.49. The molecule has 0 bridgehead atoms. The lowest BCUT2D eigenvalue weighted by molar-refractivity contribution is -0.216. The number of methoxy groups -OCH3 is 1. The molecule has 0 amide bonds. The number of aromatic nitrogens is 6. The number of nitrogen functional groups attached to an aromatic ring is 1. The number of benzene rings is 1. The highest BCUT2D eigenvalue weighted by Crippen LogP contribution is 2.42. The Balaban J connectivity index is 1.58. The van der Waals surface area contributed by atoms with Crippen molar-refractivity contribution in [3.05, 3.63) is 58.3 Å². The molecule has 0 aliphatic carbocycles. The van der Waals surface area contributed by atoms with Gasteiger partial charge in [-0.3, -0.25) is 0 Å². The van der Waals surface area contributed by atoms with Crippen molar-refractivity contribution in [2.75, 3.05) is 19.5 Å². The zero-order valence-electron chi connectivity index (χ0n) is 19.5. The van der Waals surface area contributed by atoms with Crippen LogP contribution in [0.15, 0.2) is 42.0 Å². The maximum Gasteiger partial charge on any atom is 0.418 e. The zero-order chi connectivity index (χ0) is 27.2. The molecule has 1 saturated heterocycles. The van der Waals surface area contributed by atoms with Gasteiger partial charge in [0.05, 0.1) is 29.7 Å². The highest BCUT2D eigenvalue weighted by Gasteiger charge is 2.49. The van der Waals surface area contributed by atoms with Crippen LogP contribution in [0.1, 0.15) is 23.4 Å². The highest BCUT2D eigenvalue weighted by molar-refractivity contribution is 7.13. The summed E-state index contributed by atoms with van der Waals surface area (Å²) in [4.78, 5) is 4.17. The SMILES string of the molecule is COC1[C@@H](n2cc(-c3csc(N)n3)nn2)[C@@H](O)C(CO)O[C@H]1c1ccnn1-c1cc(Cl)ccc1C(F)(F)F. The Morgan fingerprint density at radius 2 is 2.05 bits per heavy atom. The van der Waals surface area contributed by atoms with Gasteiger partial charge in [-0.1, -0.05) is 16.8 Å². The molecule has 1 aromatic carbocycles. The average Bonchev–Trinajstić information content (AvgIpc) is 3.63. The van der Waals surface area contributed by atoms with Crippen LogP contribution in [0.3, 0.4) is 0 Å². The van der Waals surface area contributed by atoms with Gasteiger partial charge in [0, 0.05) is 23.7 Å². The van der Waals surface area contributed by atoms with Gasteiger partial charge in [0.25, 0.3) is 0 Å². The summed E-state index contributed by atoms with van der Waals surface area (Å²) in [5.74, 6) is 0. The molecule has 11 nitrogen and oxygen atoms in total. The van der Waals surface area contributed by atoms with Gasteiger partial charge in [-0.15, -0.1) is 16.4 Å². The molecule has 0 radical (unpaired) electrons. The highest BCUT2D eigenvalue weighted by atomic mass is 35.5. The Morgan fingerprint density at radius 1 is 1.26 bits per heavy atom. The van der Waals surface area contributed by atoms with Crippen LogP contribution in [-0.2, 0) is 15.7 Å². The number of hydrogen-bond donors (Lipinski definition) is 3. The second-order valence-corrected chi connectivity index (χ2v) is 9.77. The summed E-state index contributed by atoms with van der Waals surface area (Å²) in [7, 11) is 1.36. The average molecular weight is 572 g/mol. The summed E-state index contributed by atoms with van der Waals surface area (Å²) in [6.45, 7) is -0.589. The molecule has 38 heavy (non-hydrogen) atoms. The van der Waals surface area contributed by atoms with Crippen molar-refractivity contribution in [1.82, 2.24) is 29.8 Å². The fraction of sp³-hybridized carbons (Fsp3) is 0.364. The molecule has 5 rings (SSSR count). The van der Waals surface area contributed by atoms with Crippen LogP contribution in [0.4, 0.5) is 18.3 Å². The van der Waals surface area contributed by atoms with Crippen LogP contribution in [-0.4, -0.2) is 72.0 Å². The molecular formula is C22H21ClF3N7O4S. The van der Waals surface area contributed by atoms with Crippen molar-refractivity contribution in [3.63, 3.8) is 0 Å². The summed E-state index contributed by atoms with van der Waals surface area (Å²) < 4.78 is 55.6. The summed E-state index contributed by atoms with van der Waals surface area (Å²) in [6, 6.07) is 3.65. The molecule has 1 aliphatic heterocycles. The Labute approximate surface area is 222 Å². The largest absolute Gasteiger partial charge is 0.418 e. The number of anilines is 1. The molecule has 0 spiro atoms. The van der Waals surface area contributed by atoms with Crippen LogP contribution >= 0.6 is 22.9 Å². The molecule has 1 aliphatic rings. The lowest BCUT2D eigenvalue weighted by Crippen LogP contribution is -2.53. The van der Waals surface area contributed by atoms with E-state index in [1.807, 2.05) is 0 Å². The molecule has 2 unspecified atom stereocenters. The van der Waals surface area contributed by atoms with E-state index < -0.39 is 48.8 Å². The van der Waals surface area contributed by atoms with Crippen LogP contribution in [0.25, 0.3) is 17.1 Å². The Morgan fingerprint density at radius 3 is 2.71 bits per heavy atom. The number of halogens is 4. The van der Waals surface area contributed by atoms with Crippen molar-refractivity contribution in [3.8, 4) is 17.1 Å². The van der Waals surface area contributed by atoms with Crippen molar-refractivity contribution in [2.45, 2.75) is 36.6 Å². The van der Waals surface area contributed by atoms with Gasteiger partial charge in [0.15, 0.2) is 5.13 Å². The summed E-state index contributed by atoms with van der Waals surface area (Å²) in [5, 5.41) is 35.5. The minimum Gasteiger partial charge on any atom is -0.394 e. The predicted molar refractivity (Wildman–Crippen MR) is 130 cm³/mol. The number of aliphatic hydroxyl groups is 2. The lowest BCUT2D eigenvalue weighted by atomic mass is 9.90. The van der Waals surface area contributed by atoms with Gasteiger partial charge in [0.1, 0.15) is 41.8 Å². The van der Waals surface area contributed by atoms with E-state index in [9.17, 15) is 23.4 Å². The van der Waals surface area contributed by atoms with E-state index >= 15 is 0 Å². The molecule has 1 fully saturated rings. The van der Waals surface area contributed by atoms with Crippen molar-refractivity contribution in [1.29, 1.82) is 0 Å². The second kappa shape index (κ2) is 10.2. The third kappa shape index (κ3) is 4.76. The molecular weight excluding hydrogens is 551 g/mol. The number of aliphatic hydroxyl groups excluding tert-OH is 2. The summed E-state index contributed by atoms with van der Waals surface area (Å²) in [5.41, 5.74) is 5.45. The van der Waals surface area contributed by atoms with Crippen LogP contribution in [0, 0.1) is 0 Å². The first-order valence-electron chi connectivity index (χ1n) is 11.1. The van der Waals surface area contributed by atoms with Crippen molar-refractivity contribution in [2.24, 2.45) is 0 Å². The van der Waals surface area contributed by atoms with E-state index in [-0.39, 0.29) is 16.4 Å². The van der Waals surface area contributed by atoms with E-state index in [1.54, 1.807) is 5.38 Å². The van der Waals surface area contributed by atoms with E-state index in [2.05, 4.69) is 20.4 Å². The number of nitrogens with two attached hydrogens (primary N) is 1. The monoisotopic (exact) mass is 571 g/mol. The number of thiazole rings is 1. The van der Waals surface area contributed by atoms with E-state index in [1.165, 1.54) is 41.6 Å². The summed E-state index contributed by atoms with van der Waals surface area (Å²) in [6.07, 6.45) is -6.39. The normalized spacial score (nSPS) is 24.1. The Kier molecular flexibility index (Phi) is 7.15. The molecule has 202 valence electrons. The third-order valence-corrected chi connectivity index (χ3v) is 7.11. The van der Waals surface area contributed by atoms with Gasteiger partial charge in [0.2, 0.25) is 0 Å². The molecule has 0 saturated carbocycles. The molecule has 4 heterocycles. The van der Waals surface area contributed by atoms with Crippen molar-refractivity contribution >= 4 is 28.1 Å². The minimum atomic E-state index is -4.69. The van der Waals surface area contributed by atoms with Gasteiger partial charge in [-0.05, 0) is 24.3 Å². The first kappa shape index (κ1) is 26.5. The Hall–Kier alpha value is -3.08. The number of nitrogens with zero attached hydrogens (tertiary/aromatic N) is 6. The molecule has 4 aromatic rings. The topological polar surface area (TPSA) is 146 Å². The quantitative estimate of drug-likeness (QED) is 0.318. The van der Waals surface area contributed by atoms with Gasteiger partial charge >= 0.3 is 6.18 Å². The van der Waals surface area contributed by atoms with Gasteiger partial charge in [-0.25, -0.2) is 14.3 Å². The number of alkyl halides is 3. The van der Waals surface area contributed by atoms with Crippen molar-refractivity contribution < 1.29 is 32.9 Å². The molecule has 4 N–H and O–H groups in total. The maximum absolute atomic E-state index is 13.8. The number of ether oxygens (including phenoxy) is 2. The fourth-order valence-corrected chi connectivity index (χ4v) is 5.22. The van der Waals surface area contributed by atoms with Crippen LogP contribution in [0.2, 0.25) is 5.02 Å². The van der Waals surface area contributed by atoms with E-state index in [4.69, 9.17) is 26.8 Å². The molecule has 16 heteroatoms. The molecule has 5 atom stereocenters. The predicted octanol–water partition coefficient (Wildman–Crippen LogP) is 2.89. The van der Waals surface area contributed by atoms with Gasteiger partial charge < -0.3 is 25.4 Å². The lowest BCUT2D eigenvalue weighted by Gasteiger charge is -2.43. The first-order chi connectivity index (χ1) is 18.1. The van der Waals surface area contributed by atoms with E-state index in [0.717, 1.165) is 22.9 Å². The number of rotatable bonds is 6. The van der Waals surface area contributed by atoms with E-state index in [0.29, 0.717) is 16.5 Å². The van der Waals surface area contributed by atoms with Gasteiger partial charge in [-0.2, -0.15) is 18.3 Å². The maximum atomic E-state index is 13.8. The standard InChI is InChI=1S/C22H21ClF3N7O4S/c1-36-20-17(32-7-12(30-31-32)13-9-38-21(27)29-13)18(35)16(8-34)37-19(20)14-4-5-28-33(14)15-6-10(23)2-3-11(15)22(24,25)26/h2-7,9,16-20,34-35H,8H2,1H3,(H2,27,29)/t16?,17-,18-,19-,20?/m0/s1. The third-order valence-electron chi connectivity index (χ3n) is 6.20. The smallest absolute Gasteiger partial charge is 0.394 e. The second-order valence-electron chi connectivity index (χ2n) is 8.44. The Bertz CT molecular complexity index is 1430. The first-order valence-corrected chi connectivity index (χ1v) is 12.4.